The van der Waals surface area contributed by atoms with Crippen LogP contribution in [0.4, 0.5) is 13.2 Å². The first-order valence-corrected chi connectivity index (χ1v) is 11.5. The molecule has 1 N–H and O–H groups in total. The second-order valence-corrected chi connectivity index (χ2v) is 8.35. The summed E-state index contributed by atoms with van der Waals surface area (Å²) in [4.78, 5) is 15.7. The quantitative estimate of drug-likeness (QED) is 0.420. The molecule has 1 aliphatic rings. The van der Waals surface area contributed by atoms with E-state index in [1.54, 1.807) is 6.92 Å². The van der Waals surface area contributed by atoms with Crippen LogP contribution in [0.25, 0.3) is 11.5 Å². The number of carboxylic acid groups (broad SMARTS) is 1. The van der Waals surface area contributed by atoms with Crippen LogP contribution in [0.1, 0.15) is 50.5 Å². The first-order valence-electron chi connectivity index (χ1n) is 11.5. The largest absolute Gasteiger partial charge is 0.573 e. The van der Waals surface area contributed by atoms with Crippen LogP contribution in [-0.4, -0.2) is 53.9 Å². The number of nitrogens with zero attached hydrogens (tertiary/aromatic N) is 1. The van der Waals surface area contributed by atoms with E-state index in [1.807, 2.05) is 6.92 Å². The number of ether oxygens (including phenoxy) is 4. The van der Waals surface area contributed by atoms with E-state index < -0.39 is 18.4 Å². The molecular formula is C24H30F3NO7. The Bertz CT molecular complexity index is 946. The van der Waals surface area contributed by atoms with Crippen molar-refractivity contribution in [1.82, 2.24) is 4.98 Å². The molecule has 3 rings (SSSR count). The van der Waals surface area contributed by atoms with Crippen LogP contribution < -0.4 is 4.74 Å². The number of hydrogen-bond acceptors (Lipinski definition) is 7. The zero-order valence-electron chi connectivity index (χ0n) is 19.7. The van der Waals surface area contributed by atoms with Crippen molar-refractivity contribution in [2.45, 2.75) is 77.2 Å². The number of benzene rings is 1. The first-order chi connectivity index (χ1) is 16.6. The maximum Gasteiger partial charge on any atom is 0.573 e. The van der Waals surface area contributed by atoms with E-state index in [4.69, 9.17) is 18.6 Å². The van der Waals surface area contributed by atoms with Crippen molar-refractivity contribution in [2.24, 2.45) is 0 Å². The third-order valence-electron chi connectivity index (χ3n) is 5.54. The number of aliphatic carboxylic acids is 1. The van der Waals surface area contributed by atoms with Crippen LogP contribution in [0.5, 0.6) is 5.75 Å². The minimum absolute atomic E-state index is 0.00866. The highest BCUT2D eigenvalue weighted by Crippen LogP contribution is 2.29. The third-order valence-corrected chi connectivity index (χ3v) is 5.54. The smallest absolute Gasteiger partial charge is 0.479 e. The lowest BCUT2D eigenvalue weighted by atomic mass is 9.95. The van der Waals surface area contributed by atoms with Crippen LogP contribution in [0.2, 0.25) is 0 Å². The topological polar surface area (TPSA) is 100 Å². The monoisotopic (exact) mass is 501 g/mol. The molecule has 1 heterocycles. The number of rotatable bonds is 12. The van der Waals surface area contributed by atoms with Crippen LogP contribution in [-0.2, 0) is 25.6 Å². The minimum Gasteiger partial charge on any atom is -0.479 e. The molecule has 1 unspecified atom stereocenters. The van der Waals surface area contributed by atoms with Crippen molar-refractivity contribution in [3.05, 3.63) is 35.7 Å². The van der Waals surface area contributed by atoms with E-state index in [9.17, 15) is 23.1 Å². The molecule has 0 radical (unpaired) electrons. The summed E-state index contributed by atoms with van der Waals surface area (Å²) in [6.45, 7) is 4.21. The van der Waals surface area contributed by atoms with E-state index in [1.165, 1.54) is 24.3 Å². The molecule has 0 spiro atoms. The van der Waals surface area contributed by atoms with E-state index >= 15 is 0 Å². The van der Waals surface area contributed by atoms with Gasteiger partial charge in [0.15, 0.2) is 6.10 Å². The molecular weight excluding hydrogens is 471 g/mol. The number of aromatic nitrogens is 1. The molecule has 0 saturated heterocycles. The number of oxazole rings is 1. The molecule has 1 aromatic carbocycles. The molecule has 0 aliphatic heterocycles. The summed E-state index contributed by atoms with van der Waals surface area (Å²) < 4.78 is 63.7. The Morgan fingerprint density at radius 3 is 2.51 bits per heavy atom. The Hall–Kier alpha value is -2.63. The van der Waals surface area contributed by atoms with Gasteiger partial charge in [0.05, 0.1) is 25.4 Å². The Morgan fingerprint density at radius 2 is 1.89 bits per heavy atom. The van der Waals surface area contributed by atoms with Gasteiger partial charge in [-0.3, -0.25) is 0 Å². The van der Waals surface area contributed by atoms with Gasteiger partial charge >= 0.3 is 12.3 Å². The molecule has 8 nitrogen and oxygen atoms in total. The van der Waals surface area contributed by atoms with Gasteiger partial charge in [0, 0.05) is 12.2 Å². The Labute approximate surface area is 201 Å². The lowest BCUT2D eigenvalue weighted by molar-refractivity contribution is -0.274. The lowest BCUT2D eigenvalue weighted by Gasteiger charge is -2.29. The summed E-state index contributed by atoms with van der Waals surface area (Å²) in [6, 6.07) is 5.27. The van der Waals surface area contributed by atoms with E-state index in [0.29, 0.717) is 30.0 Å². The van der Waals surface area contributed by atoms with Gasteiger partial charge in [0.25, 0.3) is 0 Å². The summed E-state index contributed by atoms with van der Waals surface area (Å²) in [5.41, 5.74) is 1.11. The van der Waals surface area contributed by atoms with Crippen molar-refractivity contribution in [2.75, 3.05) is 13.2 Å². The number of alkyl halides is 3. The lowest BCUT2D eigenvalue weighted by Crippen LogP contribution is -2.34. The van der Waals surface area contributed by atoms with E-state index in [2.05, 4.69) is 9.72 Å². The molecule has 2 aromatic rings. The molecule has 3 atom stereocenters. The molecule has 1 saturated carbocycles. The average Bonchev–Trinajstić information content (AvgIpc) is 3.17. The summed E-state index contributed by atoms with van der Waals surface area (Å²) in [5, 5.41) is 9.26. The van der Waals surface area contributed by atoms with Crippen molar-refractivity contribution in [1.29, 1.82) is 0 Å². The maximum absolute atomic E-state index is 12.3. The van der Waals surface area contributed by atoms with Crippen LogP contribution in [0, 0.1) is 6.92 Å². The van der Waals surface area contributed by atoms with Gasteiger partial charge in [-0.25, -0.2) is 9.78 Å². The number of halogens is 3. The SMILES string of the molecule is CCCOC(CO[C@@H]1CCC[C@H](OCc2nc(-c3ccc(OC(F)(F)F)cc3)oc2C)C1)C(=O)O. The number of carbonyl (C=O) groups is 1. The van der Waals surface area contributed by atoms with Crippen LogP contribution >= 0.6 is 0 Å². The highest BCUT2D eigenvalue weighted by Gasteiger charge is 2.31. The summed E-state index contributed by atoms with van der Waals surface area (Å²) in [5.74, 6) is -0.538. The molecule has 35 heavy (non-hydrogen) atoms. The second kappa shape index (κ2) is 12.4. The number of hydrogen-bond donors (Lipinski definition) is 1. The molecule has 1 aromatic heterocycles. The van der Waals surface area contributed by atoms with Gasteiger partial charge in [-0.05, 0) is 63.3 Å². The number of carboxylic acids is 1. The zero-order chi connectivity index (χ0) is 25.4. The number of aryl methyl sites for hydroxylation is 1. The fourth-order valence-corrected chi connectivity index (χ4v) is 3.76. The predicted molar refractivity (Wildman–Crippen MR) is 118 cm³/mol. The van der Waals surface area contributed by atoms with Gasteiger partial charge in [-0.1, -0.05) is 6.92 Å². The Kier molecular flexibility index (Phi) is 9.53. The van der Waals surface area contributed by atoms with E-state index in [-0.39, 0.29) is 37.1 Å². The Morgan fingerprint density at radius 1 is 1.20 bits per heavy atom. The normalized spacial score (nSPS) is 19.5. The fourth-order valence-electron chi connectivity index (χ4n) is 3.76. The second-order valence-electron chi connectivity index (χ2n) is 8.35. The van der Waals surface area contributed by atoms with E-state index in [0.717, 1.165) is 25.7 Å². The van der Waals surface area contributed by atoms with Crippen LogP contribution in [0.15, 0.2) is 28.7 Å². The molecule has 11 heteroatoms. The van der Waals surface area contributed by atoms with Crippen molar-refractivity contribution >= 4 is 5.97 Å². The minimum atomic E-state index is -4.75. The fraction of sp³-hybridized carbons (Fsp3) is 0.583. The summed E-state index contributed by atoms with van der Waals surface area (Å²) in [6.07, 6.45) is -2.02. The molecule has 0 bridgehead atoms. The highest BCUT2D eigenvalue weighted by atomic mass is 19.4. The van der Waals surface area contributed by atoms with Crippen molar-refractivity contribution in [3.8, 4) is 17.2 Å². The van der Waals surface area contributed by atoms with Gasteiger partial charge in [-0.2, -0.15) is 0 Å². The molecule has 194 valence electrons. The summed E-state index contributed by atoms with van der Waals surface area (Å²) >= 11 is 0. The van der Waals surface area contributed by atoms with Gasteiger partial charge in [-0.15, -0.1) is 13.2 Å². The van der Waals surface area contributed by atoms with Gasteiger partial charge in [0.1, 0.15) is 17.2 Å². The van der Waals surface area contributed by atoms with Crippen molar-refractivity contribution < 1.29 is 46.4 Å². The predicted octanol–water partition coefficient (Wildman–Crippen LogP) is 5.27. The molecule has 1 fully saturated rings. The van der Waals surface area contributed by atoms with Crippen LogP contribution in [0.3, 0.4) is 0 Å². The molecule has 1 aliphatic carbocycles. The zero-order valence-corrected chi connectivity index (χ0v) is 19.7. The first kappa shape index (κ1) is 27.0. The van der Waals surface area contributed by atoms with Crippen molar-refractivity contribution in [3.63, 3.8) is 0 Å². The highest BCUT2D eigenvalue weighted by molar-refractivity contribution is 5.72. The van der Waals surface area contributed by atoms with Gasteiger partial charge in [0.2, 0.25) is 5.89 Å². The standard InChI is InChI=1S/C24H30F3NO7/c1-3-11-31-21(23(29)30)14-33-19-6-4-5-18(12-19)32-13-20-15(2)34-22(28-20)16-7-9-17(10-8-16)35-24(25,26)27/h7-10,18-19,21H,3-6,11-14H2,1-2H3,(H,29,30)/t18-,19+,21?/m0/s1. The summed E-state index contributed by atoms with van der Waals surface area (Å²) in [7, 11) is 0. The average molecular weight is 501 g/mol. The maximum atomic E-state index is 12.3. The van der Waals surface area contributed by atoms with Gasteiger partial charge < -0.3 is 28.5 Å². The third kappa shape index (κ3) is 8.52. The Balaban J connectivity index is 1.51. The molecule has 0 amide bonds.